The monoisotopic (exact) mass is 335 g/mol. The van der Waals surface area contributed by atoms with Crippen LogP contribution in [0.5, 0.6) is 0 Å². The highest BCUT2D eigenvalue weighted by molar-refractivity contribution is 5.74. The quantitative estimate of drug-likeness (QED) is 0.867. The van der Waals surface area contributed by atoms with Crippen molar-refractivity contribution in [3.05, 3.63) is 35.6 Å². The molecule has 2 unspecified atom stereocenters. The molecule has 4 nitrogen and oxygen atoms in total. The van der Waals surface area contributed by atoms with E-state index in [1.54, 1.807) is 12.1 Å². The predicted molar refractivity (Wildman–Crippen MR) is 95.5 cm³/mol. The molecule has 1 N–H and O–H groups in total. The van der Waals surface area contributed by atoms with Gasteiger partial charge in [0.05, 0.1) is 0 Å². The summed E-state index contributed by atoms with van der Waals surface area (Å²) in [5.74, 6) is 0.646. The van der Waals surface area contributed by atoms with Crippen molar-refractivity contribution < 1.29 is 9.18 Å². The Kier molecular flexibility index (Phi) is 6.60. The molecule has 2 amide bonds. The first-order chi connectivity index (χ1) is 11.3. The molecule has 2 atom stereocenters. The van der Waals surface area contributed by atoms with E-state index in [1.165, 1.54) is 12.1 Å². The Morgan fingerprint density at radius 1 is 1.33 bits per heavy atom. The molecule has 0 spiro atoms. The molecular formula is C19H30FN3O. The van der Waals surface area contributed by atoms with Gasteiger partial charge in [-0.05, 0) is 56.5 Å². The first-order valence-electron chi connectivity index (χ1n) is 8.79. The van der Waals surface area contributed by atoms with Crippen LogP contribution in [0.25, 0.3) is 0 Å². The van der Waals surface area contributed by atoms with Gasteiger partial charge in [-0.15, -0.1) is 0 Å². The average molecular weight is 335 g/mol. The van der Waals surface area contributed by atoms with Crippen LogP contribution in [0.15, 0.2) is 24.3 Å². The van der Waals surface area contributed by atoms with E-state index in [9.17, 15) is 9.18 Å². The number of carbonyl (C=O) groups excluding carboxylic acids is 1. The zero-order chi connectivity index (χ0) is 17.7. The van der Waals surface area contributed by atoms with Gasteiger partial charge in [-0.25, -0.2) is 9.18 Å². The number of halogens is 1. The van der Waals surface area contributed by atoms with Gasteiger partial charge in [0.1, 0.15) is 5.82 Å². The van der Waals surface area contributed by atoms with Crippen molar-refractivity contribution >= 4 is 6.03 Å². The van der Waals surface area contributed by atoms with Crippen LogP contribution in [0.1, 0.15) is 25.8 Å². The smallest absolute Gasteiger partial charge is 0.317 e. The van der Waals surface area contributed by atoms with Crippen molar-refractivity contribution in [2.45, 2.75) is 32.7 Å². The summed E-state index contributed by atoms with van der Waals surface area (Å²) in [6.07, 6.45) is 1.79. The van der Waals surface area contributed by atoms with Crippen LogP contribution in [0.3, 0.4) is 0 Å². The molecule has 134 valence electrons. The number of amides is 2. The van der Waals surface area contributed by atoms with Crippen molar-refractivity contribution in [1.29, 1.82) is 0 Å². The van der Waals surface area contributed by atoms with E-state index in [-0.39, 0.29) is 17.9 Å². The first kappa shape index (κ1) is 18.7. The third-order valence-electron chi connectivity index (χ3n) is 4.68. The average Bonchev–Trinajstić information content (AvgIpc) is 2.96. The normalized spacial score (nSPS) is 19.1. The maximum absolute atomic E-state index is 13.0. The largest absolute Gasteiger partial charge is 0.335 e. The summed E-state index contributed by atoms with van der Waals surface area (Å²) in [5.41, 5.74) is 1.04. The number of benzene rings is 1. The van der Waals surface area contributed by atoms with Gasteiger partial charge in [0, 0.05) is 25.7 Å². The van der Waals surface area contributed by atoms with Crippen LogP contribution in [0.2, 0.25) is 0 Å². The van der Waals surface area contributed by atoms with Gasteiger partial charge in [0.2, 0.25) is 0 Å². The summed E-state index contributed by atoms with van der Waals surface area (Å²) >= 11 is 0. The SMILES string of the molecule is CC(C)C(Cc1ccc(F)cc1)NC(=O)N1CCC(CN(C)C)C1. The number of urea groups is 1. The third-order valence-corrected chi connectivity index (χ3v) is 4.68. The lowest BCUT2D eigenvalue weighted by Gasteiger charge is -2.26. The molecule has 2 rings (SSSR count). The van der Waals surface area contributed by atoms with E-state index >= 15 is 0 Å². The summed E-state index contributed by atoms with van der Waals surface area (Å²) in [5, 5.41) is 3.18. The van der Waals surface area contributed by atoms with Gasteiger partial charge < -0.3 is 15.1 Å². The Labute approximate surface area is 145 Å². The van der Waals surface area contributed by atoms with Crippen LogP contribution >= 0.6 is 0 Å². The van der Waals surface area contributed by atoms with E-state index in [0.29, 0.717) is 11.8 Å². The molecule has 1 aliphatic rings. The second-order valence-electron chi connectivity index (χ2n) is 7.49. The van der Waals surface area contributed by atoms with Crippen molar-refractivity contribution in [1.82, 2.24) is 15.1 Å². The molecule has 1 aliphatic heterocycles. The van der Waals surface area contributed by atoms with E-state index in [2.05, 4.69) is 38.2 Å². The number of carbonyl (C=O) groups is 1. The molecule has 1 heterocycles. The van der Waals surface area contributed by atoms with Crippen LogP contribution in [-0.4, -0.2) is 55.6 Å². The molecule has 0 saturated carbocycles. The fraction of sp³-hybridized carbons (Fsp3) is 0.632. The van der Waals surface area contributed by atoms with Gasteiger partial charge in [-0.2, -0.15) is 0 Å². The van der Waals surface area contributed by atoms with Gasteiger partial charge in [-0.1, -0.05) is 26.0 Å². The molecule has 1 aromatic carbocycles. The third kappa shape index (κ3) is 5.48. The molecule has 1 aromatic rings. The minimum absolute atomic E-state index is 0.0251. The van der Waals surface area contributed by atoms with Crippen LogP contribution < -0.4 is 5.32 Å². The topological polar surface area (TPSA) is 35.6 Å². The summed E-state index contributed by atoms with van der Waals surface area (Å²) in [4.78, 5) is 16.7. The molecule has 0 aromatic heterocycles. The minimum atomic E-state index is -0.229. The summed E-state index contributed by atoms with van der Waals surface area (Å²) in [6.45, 7) is 6.88. The van der Waals surface area contributed by atoms with Crippen molar-refractivity contribution in [3.63, 3.8) is 0 Å². The zero-order valence-corrected chi connectivity index (χ0v) is 15.3. The van der Waals surface area contributed by atoms with Gasteiger partial charge in [0.25, 0.3) is 0 Å². The van der Waals surface area contributed by atoms with E-state index in [4.69, 9.17) is 0 Å². The number of hydrogen-bond acceptors (Lipinski definition) is 2. The maximum atomic E-state index is 13.0. The Morgan fingerprint density at radius 3 is 2.58 bits per heavy atom. The van der Waals surface area contributed by atoms with Crippen molar-refractivity contribution in [3.8, 4) is 0 Å². The highest BCUT2D eigenvalue weighted by atomic mass is 19.1. The number of rotatable bonds is 6. The van der Waals surface area contributed by atoms with Gasteiger partial charge in [-0.3, -0.25) is 0 Å². The van der Waals surface area contributed by atoms with Gasteiger partial charge >= 0.3 is 6.03 Å². The zero-order valence-electron chi connectivity index (χ0n) is 15.3. The molecule has 1 fully saturated rings. The number of nitrogens with zero attached hydrogens (tertiary/aromatic N) is 2. The summed E-state index contributed by atoms with van der Waals surface area (Å²) in [6, 6.07) is 6.61. The fourth-order valence-corrected chi connectivity index (χ4v) is 3.26. The van der Waals surface area contributed by atoms with E-state index in [0.717, 1.165) is 38.0 Å². The standard InChI is InChI=1S/C19H30FN3O/c1-14(2)18(11-15-5-7-17(20)8-6-15)21-19(24)23-10-9-16(13-23)12-22(3)4/h5-8,14,16,18H,9-13H2,1-4H3,(H,21,24). The molecular weight excluding hydrogens is 305 g/mol. The Bertz CT molecular complexity index is 530. The number of hydrogen-bond donors (Lipinski definition) is 1. The van der Waals surface area contributed by atoms with Crippen LogP contribution in [-0.2, 0) is 6.42 Å². The summed E-state index contributed by atoms with van der Waals surface area (Å²) < 4.78 is 13.0. The van der Waals surface area contributed by atoms with Crippen LogP contribution in [0.4, 0.5) is 9.18 Å². The number of likely N-dealkylation sites (tertiary alicyclic amines) is 1. The second kappa shape index (κ2) is 8.47. The Balaban J connectivity index is 1.90. The molecule has 5 heteroatoms. The Hall–Kier alpha value is -1.62. The highest BCUT2D eigenvalue weighted by Gasteiger charge is 2.28. The van der Waals surface area contributed by atoms with Crippen LogP contribution in [0, 0.1) is 17.7 Å². The second-order valence-corrected chi connectivity index (χ2v) is 7.49. The van der Waals surface area contributed by atoms with Crippen molar-refractivity contribution in [2.24, 2.45) is 11.8 Å². The Morgan fingerprint density at radius 2 is 2.00 bits per heavy atom. The van der Waals surface area contributed by atoms with Gasteiger partial charge in [0.15, 0.2) is 0 Å². The molecule has 0 aliphatic carbocycles. The predicted octanol–water partition coefficient (Wildman–Crippen LogP) is 2.99. The molecule has 24 heavy (non-hydrogen) atoms. The first-order valence-corrected chi connectivity index (χ1v) is 8.79. The lowest BCUT2D eigenvalue weighted by Crippen LogP contribution is -2.47. The lowest BCUT2D eigenvalue weighted by atomic mass is 9.96. The maximum Gasteiger partial charge on any atom is 0.317 e. The molecule has 1 saturated heterocycles. The highest BCUT2D eigenvalue weighted by Crippen LogP contribution is 2.18. The summed E-state index contributed by atoms with van der Waals surface area (Å²) in [7, 11) is 4.14. The lowest BCUT2D eigenvalue weighted by molar-refractivity contribution is 0.197. The fourth-order valence-electron chi connectivity index (χ4n) is 3.26. The van der Waals surface area contributed by atoms with E-state index in [1.807, 2.05) is 4.90 Å². The minimum Gasteiger partial charge on any atom is -0.335 e. The molecule has 0 radical (unpaired) electrons. The van der Waals surface area contributed by atoms with E-state index < -0.39 is 0 Å². The molecule has 0 bridgehead atoms. The number of nitrogens with one attached hydrogen (secondary N) is 1. The van der Waals surface area contributed by atoms with Crippen molar-refractivity contribution in [2.75, 3.05) is 33.7 Å².